The summed E-state index contributed by atoms with van der Waals surface area (Å²) in [7, 11) is 1.60. The Hall–Kier alpha value is -1.52. The van der Waals surface area contributed by atoms with E-state index >= 15 is 0 Å². The van der Waals surface area contributed by atoms with Crippen molar-refractivity contribution in [2.24, 2.45) is 0 Å². The van der Waals surface area contributed by atoms with Gasteiger partial charge in [0.05, 0.1) is 13.2 Å². The van der Waals surface area contributed by atoms with Crippen LogP contribution in [0.2, 0.25) is 0 Å². The van der Waals surface area contributed by atoms with Crippen molar-refractivity contribution in [1.82, 2.24) is 0 Å². The Bertz CT molecular complexity index is 593. The van der Waals surface area contributed by atoms with Gasteiger partial charge in [-0.15, -0.1) is 0 Å². The number of halogens is 1. The molecule has 0 radical (unpaired) electrons. The van der Waals surface area contributed by atoms with E-state index in [1.54, 1.807) is 7.11 Å². The summed E-state index contributed by atoms with van der Waals surface area (Å²) in [5, 5.41) is 10.6. The zero-order valence-corrected chi connectivity index (χ0v) is 13.9. The Balaban J connectivity index is 2.27. The van der Waals surface area contributed by atoms with Crippen molar-refractivity contribution in [1.29, 1.82) is 0 Å². The molecule has 2 aromatic rings. The maximum atomic E-state index is 10.6. The Kier molecular flexibility index (Phi) is 5.26. The lowest BCUT2D eigenvalue weighted by Gasteiger charge is -2.16. The van der Waals surface area contributed by atoms with Crippen LogP contribution in [-0.2, 0) is 0 Å². The first-order valence-corrected chi connectivity index (χ1v) is 7.58. The third-order valence-corrected chi connectivity index (χ3v) is 3.55. The van der Waals surface area contributed by atoms with Gasteiger partial charge in [-0.1, -0.05) is 28.1 Å². The summed E-state index contributed by atoms with van der Waals surface area (Å²) in [6, 6.07) is 13.0. The summed E-state index contributed by atoms with van der Waals surface area (Å²) in [6.07, 6.45) is -0.614. The molecule has 1 unspecified atom stereocenters. The molecule has 0 saturated heterocycles. The summed E-state index contributed by atoms with van der Waals surface area (Å²) in [4.78, 5) is 0. The fraction of sp³-hybridized carbons (Fsp3) is 0.294. The summed E-state index contributed by atoms with van der Waals surface area (Å²) in [6.45, 7) is 3.96. The maximum absolute atomic E-state index is 10.6. The molecule has 0 amide bonds. The van der Waals surface area contributed by atoms with Crippen molar-refractivity contribution in [3.63, 3.8) is 0 Å². The molecule has 1 atom stereocenters. The number of benzene rings is 2. The minimum absolute atomic E-state index is 0.131. The Morgan fingerprint density at radius 2 is 1.71 bits per heavy atom. The third kappa shape index (κ3) is 3.99. The highest BCUT2D eigenvalue weighted by molar-refractivity contribution is 9.10. The number of rotatable bonds is 5. The van der Waals surface area contributed by atoms with E-state index in [0.29, 0.717) is 5.75 Å². The fourth-order valence-corrected chi connectivity index (χ4v) is 2.48. The molecule has 3 nitrogen and oxygen atoms in total. The molecule has 0 saturated carbocycles. The van der Waals surface area contributed by atoms with Crippen LogP contribution in [0.1, 0.15) is 31.1 Å². The van der Waals surface area contributed by atoms with Crippen molar-refractivity contribution >= 4 is 15.9 Å². The molecule has 21 heavy (non-hydrogen) atoms. The van der Waals surface area contributed by atoms with E-state index in [-0.39, 0.29) is 6.10 Å². The smallest absolute Gasteiger partial charge is 0.125 e. The molecule has 4 heteroatoms. The van der Waals surface area contributed by atoms with Crippen LogP contribution in [0.3, 0.4) is 0 Å². The van der Waals surface area contributed by atoms with Crippen molar-refractivity contribution in [2.45, 2.75) is 26.1 Å². The minimum atomic E-state index is -0.745. The summed E-state index contributed by atoms with van der Waals surface area (Å²) in [5.74, 6) is 1.45. The quantitative estimate of drug-likeness (QED) is 0.872. The first-order chi connectivity index (χ1) is 10.0. The van der Waals surface area contributed by atoms with Gasteiger partial charge >= 0.3 is 0 Å². The second kappa shape index (κ2) is 6.96. The highest BCUT2D eigenvalue weighted by atomic mass is 79.9. The summed E-state index contributed by atoms with van der Waals surface area (Å²) < 4.78 is 11.8. The van der Waals surface area contributed by atoms with Gasteiger partial charge in [0.15, 0.2) is 0 Å². The second-order valence-electron chi connectivity index (χ2n) is 5.02. The molecule has 0 spiro atoms. The van der Waals surface area contributed by atoms with E-state index in [0.717, 1.165) is 21.3 Å². The van der Waals surface area contributed by atoms with Crippen LogP contribution < -0.4 is 9.47 Å². The third-order valence-electron chi connectivity index (χ3n) is 3.05. The molecule has 1 N–H and O–H groups in total. The molecule has 0 aliphatic rings. The lowest BCUT2D eigenvalue weighted by molar-refractivity contribution is 0.214. The van der Waals surface area contributed by atoms with Crippen molar-refractivity contribution in [2.75, 3.05) is 7.11 Å². The molecule has 0 fully saturated rings. The van der Waals surface area contributed by atoms with E-state index in [4.69, 9.17) is 9.47 Å². The lowest BCUT2D eigenvalue weighted by Crippen LogP contribution is -2.06. The molecule has 0 bridgehead atoms. The highest BCUT2D eigenvalue weighted by Gasteiger charge is 2.16. The van der Waals surface area contributed by atoms with E-state index in [1.807, 2.05) is 56.3 Å². The van der Waals surface area contributed by atoms with Gasteiger partial charge in [-0.05, 0) is 49.7 Å². The number of methoxy groups -OCH3 is 1. The first kappa shape index (κ1) is 15.9. The molecule has 0 heterocycles. The minimum Gasteiger partial charge on any atom is -0.496 e. The summed E-state index contributed by atoms with van der Waals surface area (Å²) >= 11 is 3.42. The first-order valence-electron chi connectivity index (χ1n) is 6.79. The van der Waals surface area contributed by atoms with Gasteiger partial charge in [-0.2, -0.15) is 0 Å². The van der Waals surface area contributed by atoms with Crippen molar-refractivity contribution < 1.29 is 14.6 Å². The molecule has 0 aliphatic heterocycles. The standard InChI is InChI=1S/C17H19BrO3/c1-11(2)21-14-7-4-12(5-8-14)17(19)15-10-13(18)6-9-16(15)20-3/h4-11,17,19H,1-3H3. The molecular formula is C17H19BrO3. The molecular weight excluding hydrogens is 332 g/mol. The van der Waals surface area contributed by atoms with E-state index < -0.39 is 6.10 Å². The second-order valence-corrected chi connectivity index (χ2v) is 5.94. The van der Waals surface area contributed by atoms with Gasteiger partial charge in [0, 0.05) is 10.0 Å². The monoisotopic (exact) mass is 350 g/mol. The van der Waals surface area contributed by atoms with Crippen LogP contribution in [0.25, 0.3) is 0 Å². The zero-order valence-electron chi connectivity index (χ0n) is 12.3. The normalized spacial score (nSPS) is 12.3. The SMILES string of the molecule is COc1ccc(Br)cc1C(O)c1ccc(OC(C)C)cc1. The number of hydrogen-bond acceptors (Lipinski definition) is 3. The highest BCUT2D eigenvalue weighted by Crippen LogP contribution is 2.33. The van der Waals surface area contributed by atoms with Crippen LogP contribution in [0.15, 0.2) is 46.9 Å². The largest absolute Gasteiger partial charge is 0.496 e. The summed E-state index contributed by atoms with van der Waals surface area (Å²) in [5.41, 5.74) is 1.52. The Morgan fingerprint density at radius 3 is 2.29 bits per heavy atom. The predicted molar refractivity (Wildman–Crippen MR) is 87.0 cm³/mol. The molecule has 0 aliphatic carbocycles. The average molecular weight is 351 g/mol. The van der Waals surface area contributed by atoms with Gasteiger partial charge in [-0.3, -0.25) is 0 Å². The van der Waals surface area contributed by atoms with Crippen molar-refractivity contribution in [3.05, 3.63) is 58.1 Å². The lowest BCUT2D eigenvalue weighted by atomic mass is 10.0. The van der Waals surface area contributed by atoms with Gasteiger partial charge in [-0.25, -0.2) is 0 Å². The topological polar surface area (TPSA) is 38.7 Å². The van der Waals surface area contributed by atoms with E-state index in [9.17, 15) is 5.11 Å². The fourth-order valence-electron chi connectivity index (χ4n) is 2.10. The average Bonchev–Trinajstić information content (AvgIpc) is 2.46. The maximum Gasteiger partial charge on any atom is 0.125 e. The molecule has 0 aromatic heterocycles. The van der Waals surface area contributed by atoms with E-state index in [1.165, 1.54) is 0 Å². The van der Waals surface area contributed by atoms with Crippen LogP contribution >= 0.6 is 15.9 Å². The molecule has 2 rings (SSSR count). The van der Waals surface area contributed by atoms with Crippen molar-refractivity contribution in [3.8, 4) is 11.5 Å². The zero-order chi connectivity index (χ0) is 15.4. The van der Waals surface area contributed by atoms with Gasteiger partial charge in [0.2, 0.25) is 0 Å². The van der Waals surface area contributed by atoms with Gasteiger partial charge in [0.25, 0.3) is 0 Å². The molecule has 2 aromatic carbocycles. The van der Waals surface area contributed by atoms with Gasteiger partial charge < -0.3 is 14.6 Å². The van der Waals surface area contributed by atoms with Crippen LogP contribution in [-0.4, -0.2) is 18.3 Å². The van der Waals surface area contributed by atoms with E-state index in [2.05, 4.69) is 15.9 Å². The molecule has 112 valence electrons. The van der Waals surface area contributed by atoms with Crippen LogP contribution in [0.4, 0.5) is 0 Å². The number of aliphatic hydroxyl groups is 1. The van der Waals surface area contributed by atoms with Crippen LogP contribution in [0, 0.1) is 0 Å². The van der Waals surface area contributed by atoms with Gasteiger partial charge in [0.1, 0.15) is 17.6 Å². The Labute approximate surface area is 133 Å². The number of aliphatic hydroxyl groups excluding tert-OH is 1. The number of hydrogen-bond donors (Lipinski definition) is 1. The Morgan fingerprint density at radius 1 is 1.05 bits per heavy atom. The van der Waals surface area contributed by atoms with Crippen LogP contribution in [0.5, 0.6) is 11.5 Å². The predicted octanol–water partition coefficient (Wildman–Crippen LogP) is 4.33. The number of ether oxygens (including phenoxy) is 2.